The number of urea groups is 1. The van der Waals surface area contributed by atoms with Crippen LogP contribution in [0.2, 0.25) is 0 Å². The predicted octanol–water partition coefficient (Wildman–Crippen LogP) is 1.78. The highest BCUT2D eigenvalue weighted by Gasteiger charge is 2.36. The van der Waals surface area contributed by atoms with Crippen LogP contribution in [0.15, 0.2) is 0 Å². The molecule has 0 aliphatic heterocycles. The van der Waals surface area contributed by atoms with E-state index in [0.29, 0.717) is 5.25 Å². The summed E-state index contributed by atoms with van der Waals surface area (Å²) in [5, 5.41) is 12.6. The summed E-state index contributed by atoms with van der Waals surface area (Å²) in [7, 11) is 1.52. The molecular weight excluding hydrogens is 252 g/mol. The zero-order chi connectivity index (χ0) is 13.9. The molecule has 0 radical (unpaired) electrons. The number of likely N-dealkylation sites (N-methyl/N-ethyl adjacent to an activating group) is 1. The lowest BCUT2D eigenvalue weighted by molar-refractivity contribution is -0.146. The number of carboxylic acid groups (broad SMARTS) is 1. The monoisotopic (exact) mass is 274 g/mol. The number of amides is 2. The maximum atomic E-state index is 12.0. The van der Waals surface area contributed by atoms with Gasteiger partial charge in [0.25, 0.3) is 0 Å². The van der Waals surface area contributed by atoms with Crippen molar-refractivity contribution in [3.8, 4) is 0 Å². The molecule has 0 aromatic carbocycles. The van der Waals surface area contributed by atoms with Crippen molar-refractivity contribution in [2.75, 3.05) is 13.3 Å². The van der Waals surface area contributed by atoms with E-state index in [-0.39, 0.29) is 12.1 Å². The average Bonchev–Trinajstić information content (AvgIpc) is 2.75. The third-order valence-electron chi connectivity index (χ3n) is 3.71. The molecule has 1 aliphatic carbocycles. The molecule has 0 spiro atoms. The van der Waals surface area contributed by atoms with Crippen LogP contribution in [-0.2, 0) is 4.79 Å². The number of aliphatic carboxylic acids is 1. The molecular formula is C12H22N2O3S. The lowest BCUT2D eigenvalue weighted by atomic mass is 10.0. The number of thioether (sulfide) groups is 1. The zero-order valence-corrected chi connectivity index (χ0v) is 12.2. The molecule has 0 aromatic heterocycles. The highest BCUT2D eigenvalue weighted by molar-refractivity contribution is 7.99. The third kappa shape index (κ3) is 3.31. The van der Waals surface area contributed by atoms with Gasteiger partial charge in [-0.3, -0.25) is 0 Å². The molecule has 1 fully saturated rings. The first-order chi connectivity index (χ1) is 8.28. The first-order valence-electron chi connectivity index (χ1n) is 6.09. The Kier molecular flexibility index (Phi) is 4.90. The Morgan fingerprint density at radius 2 is 2.00 bits per heavy atom. The van der Waals surface area contributed by atoms with Crippen molar-refractivity contribution in [1.82, 2.24) is 10.2 Å². The molecule has 5 nitrogen and oxygen atoms in total. The smallest absolute Gasteiger partial charge is 0.329 e. The average molecular weight is 274 g/mol. The second kappa shape index (κ2) is 5.82. The van der Waals surface area contributed by atoms with Crippen LogP contribution in [0.1, 0.15) is 33.1 Å². The number of carboxylic acids is 1. The first-order valence-corrected chi connectivity index (χ1v) is 7.38. The summed E-state index contributed by atoms with van der Waals surface area (Å²) in [6.45, 7) is 3.04. The molecule has 6 heteroatoms. The van der Waals surface area contributed by atoms with Crippen LogP contribution in [0, 0.1) is 0 Å². The Bertz CT molecular complexity index is 333. The molecule has 0 aromatic rings. The number of carbonyl (C=O) groups is 2. The minimum atomic E-state index is -1.19. The summed E-state index contributed by atoms with van der Waals surface area (Å²) in [6.07, 6.45) is 5.12. The van der Waals surface area contributed by atoms with Gasteiger partial charge in [0.05, 0.1) is 0 Å². The maximum absolute atomic E-state index is 12.0. The van der Waals surface area contributed by atoms with Crippen LogP contribution in [0.3, 0.4) is 0 Å². The van der Waals surface area contributed by atoms with Crippen LogP contribution in [0.4, 0.5) is 4.79 Å². The largest absolute Gasteiger partial charge is 0.480 e. The number of carbonyl (C=O) groups excluding carboxylic acids is 1. The van der Waals surface area contributed by atoms with Crippen LogP contribution in [-0.4, -0.2) is 52.1 Å². The maximum Gasteiger partial charge on any atom is 0.329 e. The van der Waals surface area contributed by atoms with E-state index < -0.39 is 11.5 Å². The number of rotatable bonds is 4. The molecule has 0 bridgehead atoms. The van der Waals surface area contributed by atoms with Crippen molar-refractivity contribution in [2.45, 2.75) is 49.9 Å². The van der Waals surface area contributed by atoms with Gasteiger partial charge in [-0.1, -0.05) is 0 Å². The topological polar surface area (TPSA) is 69.6 Å². The van der Waals surface area contributed by atoms with Gasteiger partial charge in [-0.25, -0.2) is 9.59 Å². The number of hydrogen-bond donors (Lipinski definition) is 2. The number of nitrogens with one attached hydrogen (secondary N) is 1. The summed E-state index contributed by atoms with van der Waals surface area (Å²) < 4.78 is 0. The molecule has 1 rings (SSSR count). The quantitative estimate of drug-likeness (QED) is 0.820. The molecule has 2 N–H and O–H groups in total. The van der Waals surface area contributed by atoms with Gasteiger partial charge < -0.3 is 15.3 Å². The highest BCUT2D eigenvalue weighted by atomic mass is 32.2. The highest BCUT2D eigenvalue weighted by Crippen LogP contribution is 2.28. The summed E-state index contributed by atoms with van der Waals surface area (Å²) in [4.78, 5) is 24.3. The molecule has 0 saturated heterocycles. The molecule has 1 saturated carbocycles. The summed E-state index contributed by atoms with van der Waals surface area (Å²) in [5.41, 5.74) is -1.19. The van der Waals surface area contributed by atoms with Crippen molar-refractivity contribution in [2.24, 2.45) is 0 Å². The van der Waals surface area contributed by atoms with E-state index in [1.165, 1.54) is 25.8 Å². The van der Waals surface area contributed by atoms with Gasteiger partial charge in [0.15, 0.2) is 0 Å². The fourth-order valence-electron chi connectivity index (χ4n) is 1.95. The van der Waals surface area contributed by atoms with Crippen LogP contribution in [0.5, 0.6) is 0 Å². The molecule has 18 heavy (non-hydrogen) atoms. The van der Waals surface area contributed by atoms with Gasteiger partial charge in [0, 0.05) is 18.3 Å². The Morgan fingerprint density at radius 3 is 2.44 bits per heavy atom. The van der Waals surface area contributed by atoms with E-state index >= 15 is 0 Å². The predicted molar refractivity (Wildman–Crippen MR) is 73.0 cm³/mol. The fraction of sp³-hybridized carbons (Fsp3) is 0.833. The molecule has 2 unspecified atom stereocenters. The van der Waals surface area contributed by atoms with Crippen LogP contribution in [0.25, 0.3) is 0 Å². The lowest BCUT2D eigenvalue weighted by Gasteiger charge is -2.32. The van der Waals surface area contributed by atoms with Gasteiger partial charge >= 0.3 is 12.0 Å². The van der Waals surface area contributed by atoms with Gasteiger partial charge in [-0.05, 0) is 39.4 Å². The van der Waals surface area contributed by atoms with Crippen LogP contribution < -0.4 is 5.32 Å². The van der Waals surface area contributed by atoms with E-state index in [0.717, 1.165) is 19.3 Å². The standard InChI is InChI=1S/C12H22N2O3S/c1-12(2,10(15)16)14(3)11(17)13-8-5-6-9(7-8)18-4/h8-9H,5-7H2,1-4H3,(H,13,17)(H,15,16). The van der Waals surface area contributed by atoms with E-state index in [9.17, 15) is 9.59 Å². The van der Waals surface area contributed by atoms with Crippen molar-refractivity contribution in [1.29, 1.82) is 0 Å². The van der Waals surface area contributed by atoms with Crippen molar-refractivity contribution in [3.63, 3.8) is 0 Å². The van der Waals surface area contributed by atoms with Gasteiger partial charge in [-0.2, -0.15) is 11.8 Å². The normalized spacial score (nSPS) is 23.8. The van der Waals surface area contributed by atoms with Crippen molar-refractivity contribution in [3.05, 3.63) is 0 Å². The van der Waals surface area contributed by atoms with Crippen molar-refractivity contribution >= 4 is 23.8 Å². The third-order valence-corrected chi connectivity index (χ3v) is 4.81. The van der Waals surface area contributed by atoms with Gasteiger partial charge in [0.2, 0.25) is 0 Å². The second-order valence-electron chi connectivity index (χ2n) is 5.24. The number of nitrogens with zero attached hydrogens (tertiary/aromatic N) is 1. The lowest BCUT2D eigenvalue weighted by Crippen LogP contribution is -2.55. The Labute approximate surface area is 112 Å². The molecule has 104 valence electrons. The van der Waals surface area contributed by atoms with E-state index in [2.05, 4.69) is 11.6 Å². The zero-order valence-electron chi connectivity index (χ0n) is 11.4. The Balaban J connectivity index is 2.53. The summed E-state index contributed by atoms with van der Waals surface area (Å²) in [5.74, 6) is -1.01. The van der Waals surface area contributed by atoms with Gasteiger partial charge in [0.1, 0.15) is 5.54 Å². The minimum Gasteiger partial charge on any atom is -0.480 e. The van der Waals surface area contributed by atoms with E-state index in [4.69, 9.17) is 5.11 Å². The summed E-state index contributed by atoms with van der Waals surface area (Å²) >= 11 is 1.82. The van der Waals surface area contributed by atoms with Crippen molar-refractivity contribution < 1.29 is 14.7 Å². The van der Waals surface area contributed by atoms with Gasteiger partial charge in [-0.15, -0.1) is 0 Å². The molecule has 1 aliphatic rings. The van der Waals surface area contributed by atoms with E-state index in [1.54, 1.807) is 0 Å². The molecule has 0 heterocycles. The fourth-order valence-corrected chi connectivity index (χ4v) is 2.75. The van der Waals surface area contributed by atoms with Crippen LogP contribution >= 0.6 is 11.8 Å². The second-order valence-corrected chi connectivity index (χ2v) is 6.38. The van der Waals surface area contributed by atoms with E-state index in [1.807, 2.05) is 11.8 Å². The SMILES string of the molecule is CSC1CCC(NC(=O)N(C)C(C)(C)C(=O)O)C1. The molecule has 2 amide bonds. The minimum absolute atomic E-state index is 0.169. The number of hydrogen-bond acceptors (Lipinski definition) is 3. The Morgan fingerprint density at radius 1 is 1.39 bits per heavy atom. The first kappa shape index (κ1) is 15.1. The summed E-state index contributed by atoms with van der Waals surface area (Å²) in [6, 6.07) is -0.142. The molecule has 2 atom stereocenters. The Hall–Kier alpha value is -0.910.